The van der Waals surface area contributed by atoms with Crippen molar-refractivity contribution >= 4 is 22.6 Å². The Balaban J connectivity index is 3.53. The fraction of sp³-hybridized carbons (Fsp3) is 0.455. The number of rotatable bonds is 5. The van der Waals surface area contributed by atoms with E-state index in [1.54, 1.807) is 13.8 Å². The van der Waals surface area contributed by atoms with Crippen LogP contribution in [0, 0.1) is 0 Å². The second-order valence-corrected chi connectivity index (χ2v) is 6.19. The van der Waals surface area contributed by atoms with Crippen LogP contribution in [0.25, 0.3) is 0 Å². The van der Waals surface area contributed by atoms with Gasteiger partial charge in [0.25, 0.3) is 0 Å². The number of benzene rings is 1. The lowest BCUT2D eigenvalue weighted by molar-refractivity contribution is -0.137. The fourth-order valence-corrected chi connectivity index (χ4v) is 3.34. The van der Waals surface area contributed by atoms with E-state index in [4.69, 9.17) is 10.0 Å². The summed E-state index contributed by atoms with van der Waals surface area (Å²) in [6, 6.07) is 1.82. The Morgan fingerprint density at radius 3 is 2.05 bits per heavy atom. The smallest absolute Gasteiger partial charge is 0.423 e. The molecule has 2 N–H and O–H groups in total. The summed E-state index contributed by atoms with van der Waals surface area (Å²) < 4.78 is 63.8. The molecule has 0 radical (unpaired) electrons. The molecule has 0 aliphatic rings. The summed E-state index contributed by atoms with van der Waals surface area (Å²) in [5.74, 6) is 0. The topological polar surface area (TPSA) is 77.8 Å². The summed E-state index contributed by atoms with van der Waals surface area (Å²) in [5.41, 5.74) is -1.78. The first-order valence-corrected chi connectivity index (χ1v) is 7.56. The van der Waals surface area contributed by atoms with Crippen molar-refractivity contribution in [1.29, 1.82) is 0 Å². The third-order valence-electron chi connectivity index (χ3n) is 2.90. The standard InChI is InChI=1S/C11H15BF3NO4S/c1-3-16(4-2)21(19,20)10-6-8(11(13,14)15)5-9(7-10)12(17)18/h5-7,17-18H,3-4H2,1-2H3. The van der Waals surface area contributed by atoms with Gasteiger partial charge in [0.15, 0.2) is 0 Å². The number of hydrogen-bond donors (Lipinski definition) is 2. The van der Waals surface area contributed by atoms with Gasteiger partial charge in [-0.05, 0) is 17.6 Å². The second-order valence-electron chi connectivity index (χ2n) is 4.25. The molecule has 0 aromatic heterocycles. The molecule has 0 amide bonds. The van der Waals surface area contributed by atoms with Gasteiger partial charge >= 0.3 is 13.3 Å². The summed E-state index contributed by atoms with van der Waals surface area (Å²) >= 11 is 0. The molecule has 0 heterocycles. The van der Waals surface area contributed by atoms with Crippen molar-refractivity contribution in [2.45, 2.75) is 24.9 Å². The van der Waals surface area contributed by atoms with Crippen LogP contribution in [0.5, 0.6) is 0 Å². The molecule has 0 saturated heterocycles. The molecule has 0 saturated carbocycles. The van der Waals surface area contributed by atoms with Crippen LogP contribution in [0.15, 0.2) is 23.1 Å². The molecule has 0 atom stereocenters. The van der Waals surface area contributed by atoms with Crippen molar-refractivity contribution in [2.75, 3.05) is 13.1 Å². The average molecular weight is 325 g/mol. The molecular weight excluding hydrogens is 310 g/mol. The summed E-state index contributed by atoms with van der Waals surface area (Å²) in [4.78, 5) is -0.621. The van der Waals surface area contributed by atoms with E-state index in [0.717, 1.165) is 10.4 Å². The van der Waals surface area contributed by atoms with E-state index in [0.29, 0.717) is 12.1 Å². The quantitative estimate of drug-likeness (QED) is 0.769. The van der Waals surface area contributed by atoms with Gasteiger partial charge in [-0.1, -0.05) is 19.9 Å². The SMILES string of the molecule is CCN(CC)S(=O)(=O)c1cc(B(O)O)cc(C(F)(F)F)c1. The Hall–Kier alpha value is -1.10. The molecule has 0 unspecified atom stereocenters. The van der Waals surface area contributed by atoms with Crippen LogP contribution in [0.2, 0.25) is 0 Å². The molecule has 5 nitrogen and oxygen atoms in total. The molecule has 1 aromatic carbocycles. The van der Waals surface area contributed by atoms with E-state index >= 15 is 0 Å². The molecule has 0 bridgehead atoms. The summed E-state index contributed by atoms with van der Waals surface area (Å²) in [5, 5.41) is 18.1. The number of hydrogen-bond acceptors (Lipinski definition) is 4. The van der Waals surface area contributed by atoms with Crippen molar-refractivity contribution in [3.05, 3.63) is 23.8 Å². The van der Waals surface area contributed by atoms with Crippen molar-refractivity contribution in [3.63, 3.8) is 0 Å². The molecule has 0 spiro atoms. The van der Waals surface area contributed by atoms with Crippen LogP contribution in [0.4, 0.5) is 13.2 Å². The zero-order valence-electron chi connectivity index (χ0n) is 11.4. The van der Waals surface area contributed by atoms with Gasteiger partial charge in [-0.25, -0.2) is 8.42 Å². The average Bonchev–Trinajstić information content (AvgIpc) is 2.38. The van der Waals surface area contributed by atoms with Crippen LogP contribution in [-0.4, -0.2) is 43.0 Å². The van der Waals surface area contributed by atoms with Crippen LogP contribution in [0.3, 0.4) is 0 Å². The maximum atomic E-state index is 12.8. The zero-order valence-corrected chi connectivity index (χ0v) is 12.2. The van der Waals surface area contributed by atoms with E-state index < -0.39 is 39.2 Å². The maximum Gasteiger partial charge on any atom is 0.488 e. The second kappa shape index (κ2) is 6.35. The number of sulfonamides is 1. The molecule has 118 valence electrons. The third kappa shape index (κ3) is 3.97. The van der Waals surface area contributed by atoms with E-state index in [1.807, 2.05) is 0 Å². The Bertz CT molecular complexity index is 600. The first-order chi connectivity index (χ1) is 9.53. The van der Waals surface area contributed by atoms with Gasteiger partial charge in [0, 0.05) is 13.1 Å². The fourth-order valence-electron chi connectivity index (χ4n) is 1.80. The predicted octanol–water partition coefficient (Wildman–Crippen LogP) is 0.416. The highest BCUT2D eigenvalue weighted by atomic mass is 32.2. The maximum absolute atomic E-state index is 12.8. The number of halogens is 3. The third-order valence-corrected chi connectivity index (χ3v) is 4.93. The minimum Gasteiger partial charge on any atom is -0.423 e. The van der Waals surface area contributed by atoms with Crippen molar-refractivity contribution < 1.29 is 31.6 Å². The summed E-state index contributed by atoms with van der Waals surface area (Å²) in [7, 11) is -6.33. The lowest BCUT2D eigenvalue weighted by Crippen LogP contribution is -2.35. The largest absolute Gasteiger partial charge is 0.488 e. The number of nitrogens with zero attached hydrogens (tertiary/aromatic N) is 1. The van der Waals surface area contributed by atoms with Gasteiger partial charge in [-0.15, -0.1) is 0 Å². The van der Waals surface area contributed by atoms with Crippen molar-refractivity contribution in [3.8, 4) is 0 Å². The minimum atomic E-state index is -4.79. The normalized spacial score (nSPS) is 12.8. The van der Waals surface area contributed by atoms with E-state index in [2.05, 4.69) is 0 Å². The van der Waals surface area contributed by atoms with E-state index in [-0.39, 0.29) is 13.1 Å². The lowest BCUT2D eigenvalue weighted by Gasteiger charge is -2.20. The monoisotopic (exact) mass is 325 g/mol. The van der Waals surface area contributed by atoms with Gasteiger partial charge in [-0.3, -0.25) is 0 Å². The summed E-state index contributed by atoms with van der Waals surface area (Å²) in [6.45, 7) is 3.28. The molecule has 1 aromatic rings. The molecule has 10 heteroatoms. The predicted molar refractivity (Wildman–Crippen MR) is 71.4 cm³/mol. The Morgan fingerprint density at radius 1 is 1.14 bits per heavy atom. The minimum absolute atomic E-state index is 0.0894. The molecule has 0 aliphatic carbocycles. The first kappa shape index (κ1) is 18.0. The highest BCUT2D eigenvalue weighted by molar-refractivity contribution is 7.89. The van der Waals surface area contributed by atoms with Crippen LogP contribution >= 0.6 is 0 Å². The van der Waals surface area contributed by atoms with Gasteiger partial charge in [0.2, 0.25) is 10.0 Å². The molecular formula is C11H15BF3NO4S. The highest BCUT2D eigenvalue weighted by Crippen LogP contribution is 2.30. The Labute approximate surface area is 121 Å². The van der Waals surface area contributed by atoms with Crippen LogP contribution in [-0.2, 0) is 16.2 Å². The van der Waals surface area contributed by atoms with Crippen molar-refractivity contribution in [1.82, 2.24) is 4.31 Å². The van der Waals surface area contributed by atoms with Gasteiger partial charge in [-0.2, -0.15) is 17.5 Å². The molecule has 21 heavy (non-hydrogen) atoms. The van der Waals surface area contributed by atoms with Crippen molar-refractivity contribution in [2.24, 2.45) is 0 Å². The van der Waals surface area contributed by atoms with Gasteiger partial charge < -0.3 is 10.0 Å². The molecule has 1 rings (SSSR count). The number of alkyl halides is 3. The molecule has 0 aliphatic heterocycles. The van der Waals surface area contributed by atoms with Gasteiger partial charge in [0.05, 0.1) is 10.5 Å². The van der Waals surface area contributed by atoms with Gasteiger partial charge in [0.1, 0.15) is 0 Å². The first-order valence-electron chi connectivity index (χ1n) is 6.12. The zero-order chi connectivity index (χ0) is 16.4. The Kier molecular flexibility index (Phi) is 5.43. The lowest BCUT2D eigenvalue weighted by atomic mass is 9.79. The van der Waals surface area contributed by atoms with Crippen LogP contribution in [0.1, 0.15) is 19.4 Å². The molecule has 0 fully saturated rings. The summed E-state index contributed by atoms with van der Waals surface area (Å²) in [6.07, 6.45) is -4.79. The Morgan fingerprint density at radius 2 is 1.67 bits per heavy atom. The van der Waals surface area contributed by atoms with E-state index in [1.165, 1.54) is 0 Å². The van der Waals surface area contributed by atoms with E-state index in [9.17, 15) is 21.6 Å². The highest BCUT2D eigenvalue weighted by Gasteiger charge is 2.34. The van der Waals surface area contributed by atoms with Crippen LogP contribution < -0.4 is 5.46 Å².